The topological polar surface area (TPSA) is 75.3 Å². The van der Waals surface area contributed by atoms with Crippen molar-refractivity contribution in [3.63, 3.8) is 0 Å². The number of benzene rings is 2. The third-order valence-electron chi connectivity index (χ3n) is 4.01. The molecule has 2 aromatic carbocycles. The monoisotopic (exact) mass is 396 g/mol. The number of carbonyl (C=O) groups is 1. The zero-order valence-electron chi connectivity index (χ0n) is 13.5. The van der Waals surface area contributed by atoms with Gasteiger partial charge in [-0.15, -0.1) is 11.8 Å². The van der Waals surface area contributed by atoms with Gasteiger partial charge in [-0.1, -0.05) is 11.6 Å². The Morgan fingerprint density at radius 1 is 1.20 bits per heavy atom. The highest BCUT2D eigenvalue weighted by atomic mass is 35.5. The molecular formula is C17H17ClN2O3S2. The highest BCUT2D eigenvalue weighted by molar-refractivity contribution is 7.99. The van der Waals surface area contributed by atoms with Crippen LogP contribution in [-0.2, 0) is 10.0 Å². The highest BCUT2D eigenvalue weighted by Crippen LogP contribution is 2.37. The fraction of sp³-hybridized carbons (Fsp3) is 0.235. The van der Waals surface area contributed by atoms with Gasteiger partial charge in [0.05, 0.1) is 10.9 Å². The number of thioether (sulfide) groups is 1. The van der Waals surface area contributed by atoms with Crippen LogP contribution >= 0.6 is 23.4 Å². The molecule has 1 atom stereocenters. The maximum absolute atomic E-state index is 12.5. The van der Waals surface area contributed by atoms with E-state index in [1.807, 2.05) is 18.2 Å². The molecule has 1 aliphatic rings. The molecule has 0 radical (unpaired) electrons. The van der Waals surface area contributed by atoms with Crippen LogP contribution in [0.1, 0.15) is 28.4 Å². The second-order valence-electron chi connectivity index (χ2n) is 5.58. The number of fused-ring (bicyclic) bond motifs is 1. The van der Waals surface area contributed by atoms with E-state index in [9.17, 15) is 13.2 Å². The first-order chi connectivity index (χ1) is 11.9. The molecule has 3 rings (SSSR count). The number of nitrogens with one attached hydrogen (secondary N) is 2. The fourth-order valence-electron chi connectivity index (χ4n) is 2.66. The average Bonchev–Trinajstić information content (AvgIpc) is 2.62. The minimum absolute atomic E-state index is 0.108. The predicted octanol–water partition coefficient (Wildman–Crippen LogP) is 3.22. The van der Waals surface area contributed by atoms with Gasteiger partial charge in [-0.2, -0.15) is 0 Å². The van der Waals surface area contributed by atoms with E-state index in [0.717, 1.165) is 22.6 Å². The Kier molecular flexibility index (Phi) is 5.38. The van der Waals surface area contributed by atoms with Gasteiger partial charge >= 0.3 is 0 Å². The highest BCUT2D eigenvalue weighted by Gasteiger charge is 2.23. The van der Waals surface area contributed by atoms with Gasteiger partial charge in [-0.05, 0) is 61.5 Å². The van der Waals surface area contributed by atoms with Crippen LogP contribution in [0.15, 0.2) is 52.3 Å². The molecule has 8 heteroatoms. The van der Waals surface area contributed by atoms with Crippen molar-refractivity contribution in [2.45, 2.75) is 22.3 Å². The van der Waals surface area contributed by atoms with Gasteiger partial charge in [-0.25, -0.2) is 13.1 Å². The second kappa shape index (κ2) is 7.37. The molecule has 0 aromatic heterocycles. The van der Waals surface area contributed by atoms with Crippen molar-refractivity contribution in [1.29, 1.82) is 0 Å². The van der Waals surface area contributed by atoms with Crippen LogP contribution < -0.4 is 10.0 Å². The van der Waals surface area contributed by atoms with E-state index in [2.05, 4.69) is 10.0 Å². The number of hydrogen-bond acceptors (Lipinski definition) is 4. The number of sulfonamides is 1. The lowest BCUT2D eigenvalue weighted by Gasteiger charge is -2.26. The molecule has 0 saturated carbocycles. The minimum atomic E-state index is -3.51. The molecule has 132 valence electrons. The first-order valence-corrected chi connectivity index (χ1v) is 10.5. The lowest BCUT2D eigenvalue weighted by Crippen LogP contribution is -2.30. The molecule has 0 bridgehead atoms. The molecule has 0 spiro atoms. The molecule has 0 saturated heterocycles. The van der Waals surface area contributed by atoms with Gasteiger partial charge in [0.15, 0.2) is 0 Å². The van der Waals surface area contributed by atoms with Crippen molar-refractivity contribution >= 4 is 39.3 Å². The molecule has 0 unspecified atom stereocenters. The first-order valence-electron chi connectivity index (χ1n) is 7.67. The van der Waals surface area contributed by atoms with Crippen molar-refractivity contribution in [3.05, 3.63) is 58.6 Å². The zero-order valence-corrected chi connectivity index (χ0v) is 15.8. The maximum Gasteiger partial charge on any atom is 0.251 e. The third kappa shape index (κ3) is 4.00. The lowest BCUT2D eigenvalue weighted by atomic mass is 10.0. The van der Waals surface area contributed by atoms with E-state index >= 15 is 0 Å². The molecule has 0 fully saturated rings. The molecule has 25 heavy (non-hydrogen) atoms. The van der Waals surface area contributed by atoms with Gasteiger partial charge < -0.3 is 5.32 Å². The Morgan fingerprint density at radius 2 is 1.92 bits per heavy atom. The third-order valence-corrected chi connectivity index (χ3v) is 6.80. The molecule has 2 aromatic rings. The van der Waals surface area contributed by atoms with Gasteiger partial charge in [-0.3, -0.25) is 4.79 Å². The minimum Gasteiger partial charge on any atom is -0.345 e. The molecule has 0 aliphatic carbocycles. The summed E-state index contributed by atoms with van der Waals surface area (Å²) in [6, 6.07) is 11.5. The van der Waals surface area contributed by atoms with E-state index in [4.69, 9.17) is 11.6 Å². The Labute approximate surface area is 156 Å². The van der Waals surface area contributed by atoms with E-state index in [1.54, 1.807) is 11.8 Å². The summed E-state index contributed by atoms with van der Waals surface area (Å²) < 4.78 is 25.7. The van der Waals surface area contributed by atoms with Crippen LogP contribution in [0.25, 0.3) is 0 Å². The summed E-state index contributed by atoms with van der Waals surface area (Å²) >= 11 is 7.83. The summed E-state index contributed by atoms with van der Waals surface area (Å²) in [6.45, 7) is 0. The van der Waals surface area contributed by atoms with Crippen LogP contribution in [0.5, 0.6) is 0 Å². The smallest absolute Gasteiger partial charge is 0.251 e. The molecule has 1 aliphatic heterocycles. The molecule has 1 amide bonds. The normalized spacial score (nSPS) is 17.0. The van der Waals surface area contributed by atoms with Crippen LogP contribution in [0, 0.1) is 0 Å². The second-order valence-corrected chi connectivity index (χ2v) is 9.04. The molecule has 1 heterocycles. The van der Waals surface area contributed by atoms with Crippen molar-refractivity contribution in [1.82, 2.24) is 10.0 Å². The summed E-state index contributed by atoms with van der Waals surface area (Å²) in [4.78, 5) is 13.8. The summed E-state index contributed by atoms with van der Waals surface area (Å²) in [7, 11) is -2.16. The SMILES string of the molecule is CNS(=O)(=O)c1ccc(C(=O)N[C@@H]2CCSc3ccc(Cl)cc32)cc1. The molecule has 5 nitrogen and oxygen atoms in total. The van der Waals surface area contributed by atoms with Gasteiger partial charge in [0.2, 0.25) is 10.0 Å². The summed E-state index contributed by atoms with van der Waals surface area (Å²) in [6.07, 6.45) is 0.815. The number of halogens is 1. The van der Waals surface area contributed by atoms with E-state index in [0.29, 0.717) is 10.6 Å². The Hall–Kier alpha value is -1.54. The van der Waals surface area contributed by atoms with Crippen molar-refractivity contribution < 1.29 is 13.2 Å². The standard InChI is InChI=1S/C17H17ClN2O3S2/c1-19-25(22,23)13-5-2-11(3-6-13)17(21)20-15-8-9-24-16-7-4-12(18)10-14(15)16/h2-7,10,15,19H,8-9H2,1H3,(H,20,21)/t15-/m1/s1. The first kappa shape index (κ1) is 18.3. The fourth-order valence-corrected chi connectivity index (χ4v) is 4.68. The summed E-state index contributed by atoms with van der Waals surface area (Å²) in [5.41, 5.74) is 1.43. The lowest BCUT2D eigenvalue weighted by molar-refractivity contribution is 0.0935. The van der Waals surface area contributed by atoms with Crippen LogP contribution in [-0.4, -0.2) is 27.1 Å². The Morgan fingerprint density at radius 3 is 2.60 bits per heavy atom. The number of hydrogen-bond donors (Lipinski definition) is 2. The van der Waals surface area contributed by atoms with Gasteiger partial charge in [0.1, 0.15) is 0 Å². The number of rotatable bonds is 4. The maximum atomic E-state index is 12.5. The molecular weight excluding hydrogens is 380 g/mol. The van der Waals surface area contributed by atoms with Crippen LogP contribution in [0.2, 0.25) is 5.02 Å². The number of amides is 1. The zero-order chi connectivity index (χ0) is 18.0. The van der Waals surface area contributed by atoms with Crippen molar-refractivity contribution in [2.75, 3.05) is 12.8 Å². The molecule has 2 N–H and O–H groups in total. The van der Waals surface area contributed by atoms with Crippen molar-refractivity contribution in [3.8, 4) is 0 Å². The largest absolute Gasteiger partial charge is 0.345 e. The van der Waals surface area contributed by atoms with Gasteiger partial charge in [0.25, 0.3) is 5.91 Å². The Balaban J connectivity index is 1.79. The average molecular weight is 397 g/mol. The predicted molar refractivity (Wildman–Crippen MR) is 99.7 cm³/mol. The van der Waals surface area contributed by atoms with E-state index in [1.165, 1.54) is 31.3 Å². The summed E-state index contributed by atoms with van der Waals surface area (Å²) in [5, 5.41) is 3.66. The quantitative estimate of drug-likeness (QED) is 0.832. The Bertz CT molecular complexity index is 899. The van der Waals surface area contributed by atoms with Crippen LogP contribution in [0.4, 0.5) is 0 Å². The summed E-state index contributed by atoms with van der Waals surface area (Å²) in [5.74, 6) is 0.676. The van der Waals surface area contributed by atoms with Gasteiger partial charge in [0, 0.05) is 21.2 Å². The van der Waals surface area contributed by atoms with E-state index < -0.39 is 10.0 Å². The number of carbonyl (C=O) groups excluding carboxylic acids is 1. The van der Waals surface area contributed by atoms with Crippen molar-refractivity contribution in [2.24, 2.45) is 0 Å². The van der Waals surface area contributed by atoms with Crippen LogP contribution in [0.3, 0.4) is 0 Å². The van der Waals surface area contributed by atoms with E-state index in [-0.39, 0.29) is 16.8 Å².